The molecular formula is C17H24N2O3. The Kier molecular flexibility index (Phi) is 7.75. The van der Waals surface area contributed by atoms with Gasteiger partial charge < -0.3 is 15.0 Å². The molecule has 5 heteroatoms. The number of amides is 2. The first-order chi connectivity index (χ1) is 10.6. The smallest absolute Gasteiger partial charge is 0.222 e. The fourth-order valence-corrected chi connectivity index (χ4v) is 2.03. The minimum Gasteiger partial charge on any atom is -0.497 e. The lowest BCUT2D eigenvalue weighted by Gasteiger charge is -2.21. The first-order valence-electron chi connectivity index (χ1n) is 7.33. The van der Waals surface area contributed by atoms with Gasteiger partial charge in [-0.05, 0) is 24.1 Å². The first kappa shape index (κ1) is 17.8. The molecule has 0 aliphatic heterocycles. The number of hydrogen-bond acceptors (Lipinski definition) is 3. The Morgan fingerprint density at radius 1 is 1.36 bits per heavy atom. The lowest BCUT2D eigenvalue weighted by molar-refractivity contribution is -0.129. The van der Waals surface area contributed by atoms with Crippen molar-refractivity contribution < 1.29 is 14.3 Å². The van der Waals surface area contributed by atoms with Gasteiger partial charge in [0.05, 0.1) is 7.11 Å². The lowest BCUT2D eigenvalue weighted by Crippen LogP contribution is -2.35. The fourth-order valence-electron chi connectivity index (χ4n) is 2.03. The number of nitrogens with one attached hydrogen (secondary N) is 1. The van der Waals surface area contributed by atoms with Crippen molar-refractivity contribution in [2.45, 2.75) is 19.8 Å². The Labute approximate surface area is 132 Å². The maximum Gasteiger partial charge on any atom is 0.222 e. The summed E-state index contributed by atoms with van der Waals surface area (Å²) >= 11 is 0. The maximum absolute atomic E-state index is 11.7. The number of methoxy groups -OCH3 is 1. The van der Waals surface area contributed by atoms with Crippen molar-refractivity contribution in [1.29, 1.82) is 0 Å². The predicted octanol–water partition coefficient (Wildman–Crippen LogP) is 1.78. The molecule has 0 spiro atoms. The quantitative estimate of drug-likeness (QED) is 0.708. The molecule has 120 valence electrons. The monoisotopic (exact) mass is 304 g/mol. The molecule has 0 saturated heterocycles. The van der Waals surface area contributed by atoms with Crippen LogP contribution in [0.1, 0.15) is 18.9 Å². The van der Waals surface area contributed by atoms with Gasteiger partial charge in [-0.1, -0.05) is 18.2 Å². The van der Waals surface area contributed by atoms with Gasteiger partial charge in [-0.3, -0.25) is 9.59 Å². The van der Waals surface area contributed by atoms with Gasteiger partial charge in [0.2, 0.25) is 11.8 Å². The zero-order valence-corrected chi connectivity index (χ0v) is 13.3. The van der Waals surface area contributed by atoms with Gasteiger partial charge in [0.15, 0.2) is 0 Å². The van der Waals surface area contributed by atoms with Gasteiger partial charge in [-0.25, -0.2) is 0 Å². The standard InChI is InChI=1S/C17H24N2O3/c1-4-10-18-17(21)9-12-19(14(2)20)11-8-15-6-5-7-16(13-15)22-3/h4-7,13H,1,8-12H2,2-3H3,(H,18,21). The Hall–Kier alpha value is -2.30. The van der Waals surface area contributed by atoms with Gasteiger partial charge in [-0.15, -0.1) is 6.58 Å². The van der Waals surface area contributed by atoms with Gasteiger partial charge >= 0.3 is 0 Å². The molecule has 22 heavy (non-hydrogen) atoms. The Morgan fingerprint density at radius 3 is 2.77 bits per heavy atom. The normalized spacial score (nSPS) is 9.91. The van der Waals surface area contributed by atoms with Crippen molar-refractivity contribution >= 4 is 11.8 Å². The number of carbonyl (C=O) groups excluding carboxylic acids is 2. The second-order valence-corrected chi connectivity index (χ2v) is 4.95. The molecule has 1 aromatic carbocycles. The van der Waals surface area contributed by atoms with Crippen molar-refractivity contribution in [3.8, 4) is 5.75 Å². The van der Waals surface area contributed by atoms with Crippen LogP contribution in [-0.2, 0) is 16.0 Å². The van der Waals surface area contributed by atoms with Crippen LogP contribution >= 0.6 is 0 Å². The molecule has 0 atom stereocenters. The molecule has 0 aliphatic carbocycles. The fraction of sp³-hybridized carbons (Fsp3) is 0.412. The van der Waals surface area contributed by atoms with E-state index in [0.717, 1.165) is 17.7 Å². The van der Waals surface area contributed by atoms with Crippen LogP contribution in [0.15, 0.2) is 36.9 Å². The van der Waals surface area contributed by atoms with E-state index in [1.165, 1.54) is 6.92 Å². The van der Waals surface area contributed by atoms with Crippen LogP contribution in [0.5, 0.6) is 5.75 Å². The maximum atomic E-state index is 11.7. The Bertz CT molecular complexity index is 514. The number of hydrogen-bond donors (Lipinski definition) is 1. The highest BCUT2D eigenvalue weighted by Gasteiger charge is 2.11. The van der Waals surface area contributed by atoms with Crippen molar-refractivity contribution in [2.75, 3.05) is 26.7 Å². The van der Waals surface area contributed by atoms with Gasteiger partial charge in [0.25, 0.3) is 0 Å². The minimum atomic E-state index is -0.0764. The summed E-state index contributed by atoms with van der Waals surface area (Å²) in [4.78, 5) is 24.9. The Balaban J connectivity index is 2.48. The van der Waals surface area contributed by atoms with Gasteiger partial charge in [0.1, 0.15) is 5.75 Å². The second-order valence-electron chi connectivity index (χ2n) is 4.95. The predicted molar refractivity (Wildman–Crippen MR) is 86.8 cm³/mol. The van der Waals surface area contributed by atoms with Crippen LogP contribution < -0.4 is 10.1 Å². The van der Waals surface area contributed by atoms with Crippen LogP contribution in [0.2, 0.25) is 0 Å². The lowest BCUT2D eigenvalue weighted by atomic mass is 10.1. The van der Waals surface area contributed by atoms with Crippen molar-refractivity contribution in [1.82, 2.24) is 10.2 Å². The molecule has 1 aromatic rings. The molecule has 0 aliphatic rings. The second kappa shape index (κ2) is 9.60. The third-order valence-corrected chi connectivity index (χ3v) is 3.30. The number of rotatable bonds is 9. The topological polar surface area (TPSA) is 58.6 Å². The molecule has 2 amide bonds. The van der Waals surface area contributed by atoms with Crippen molar-refractivity contribution in [3.05, 3.63) is 42.5 Å². The zero-order chi connectivity index (χ0) is 16.4. The summed E-state index contributed by atoms with van der Waals surface area (Å²) in [5.74, 6) is 0.697. The van der Waals surface area contributed by atoms with E-state index >= 15 is 0 Å². The van der Waals surface area contributed by atoms with E-state index in [0.29, 0.717) is 26.1 Å². The minimum absolute atomic E-state index is 0.0283. The van der Waals surface area contributed by atoms with Crippen LogP contribution in [0, 0.1) is 0 Å². The number of ether oxygens (including phenoxy) is 1. The van der Waals surface area contributed by atoms with E-state index in [4.69, 9.17) is 4.74 Å². The van der Waals surface area contributed by atoms with E-state index in [1.54, 1.807) is 18.1 Å². The molecule has 1 rings (SSSR count). The molecule has 0 aromatic heterocycles. The van der Waals surface area contributed by atoms with E-state index in [9.17, 15) is 9.59 Å². The van der Waals surface area contributed by atoms with Crippen LogP contribution in [0.25, 0.3) is 0 Å². The molecule has 0 heterocycles. The molecule has 0 radical (unpaired) electrons. The summed E-state index contributed by atoms with van der Waals surface area (Å²) in [5, 5.41) is 2.70. The number of benzene rings is 1. The highest BCUT2D eigenvalue weighted by Crippen LogP contribution is 2.13. The molecule has 0 saturated carbocycles. The summed E-state index contributed by atoms with van der Waals surface area (Å²) in [6, 6.07) is 7.76. The summed E-state index contributed by atoms with van der Waals surface area (Å²) < 4.78 is 5.18. The van der Waals surface area contributed by atoms with E-state index < -0.39 is 0 Å². The average molecular weight is 304 g/mol. The average Bonchev–Trinajstić information content (AvgIpc) is 2.52. The first-order valence-corrected chi connectivity index (χ1v) is 7.33. The van der Waals surface area contributed by atoms with Crippen LogP contribution in [-0.4, -0.2) is 43.5 Å². The zero-order valence-electron chi connectivity index (χ0n) is 13.3. The molecule has 0 bridgehead atoms. The van der Waals surface area contributed by atoms with E-state index in [2.05, 4.69) is 11.9 Å². The third kappa shape index (κ3) is 6.43. The number of carbonyl (C=O) groups is 2. The SMILES string of the molecule is C=CCNC(=O)CCN(CCc1cccc(OC)c1)C(C)=O. The summed E-state index contributed by atoms with van der Waals surface area (Å²) in [5.41, 5.74) is 1.10. The summed E-state index contributed by atoms with van der Waals surface area (Å²) in [7, 11) is 1.63. The third-order valence-electron chi connectivity index (χ3n) is 3.30. The molecule has 0 unspecified atom stereocenters. The van der Waals surface area contributed by atoms with Crippen LogP contribution in [0.4, 0.5) is 0 Å². The number of nitrogens with zero attached hydrogens (tertiary/aromatic N) is 1. The Morgan fingerprint density at radius 2 is 2.14 bits per heavy atom. The van der Waals surface area contributed by atoms with Gasteiger partial charge in [0, 0.05) is 33.0 Å². The van der Waals surface area contributed by atoms with E-state index in [1.807, 2.05) is 24.3 Å². The van der Waals surface area contributed by atoms with E-state index in [-0.39, 0.29) is 11.8 Å². The molecular weight excluding hydrogens is 280 g/mol. The molecule has 0 fully saturated rings. The van der Waals surface area contributed by atoms with Crippen molar-refractivity contribution in [2.24, 2.45) is 0 Å². The molecule has 1 N–H and O–H groups in total. The summed E-state index contributed by atoms with van der Waals surface area (Å²) in [6.45, 7) is 6.51. The highest BCUT2D eigenvalue weighted by molar-refractivity contribution is 5.78. The highest BCUT2D eigenvalue weighted by atomic mass is 16.5. The van der Waals surface area contributed by atoms with Crippen molar-refractivity contribution in [3.63, 3.8) is 0 Å². The van der Waals surface area contributed by atoms with Gasteiger partial charge in [-0.2, -0.15) is 0 Å². The summed E-state index contributed by atoms with van der Waals surface area (Å²) in [6.07, 6.45) is 2.65. The largest absolute Gasteiger partial charge is 0.497 e. The van der Waals surface area contributed by atoms with Crippen LogP contribution in [0.3, 0.4) is 0 Å². The molecule has 5 nitrogen and oxygen atoms in total.